The van der Waals surface area contributed by atoms with Crippen LogP contribution in [0, 0.1) is 5.92 Å². The van der Waals surface area contributed by atoms with E-state index in [1.54, 1.807) is 4.90 Å². The van der Waals surface area contributed by atoms with Gasteiger partial charge in [0.2, 0.25) is 0 Å². The molecule has 0 aliphatic carbocycles. The summed E-state index contributed by atoms with van der Waals surface area (Å²) < 4.78 is 7.78. The number of carbonyl (C=O) groups is 1. The molecule has 2 aromatic rings. The molecule has 1 aromatic carbocycles. The van der Waals surface area contributed by atoms with E-state index in [1.807, 2.05) is 20.8 Å². The topological polar surface area (TPSA) is 50.6 Å². The van der Waals surface area contributed by atoms with Gasteiger partial charge in [0, 0.05) is 30.2 Å². The summed E-state index contributed by atoms with van der Waals surface area (Å²) in [6.45, 7) is 10.7. The summed E-state index contributed by atoms with van der Waals surface area (Å²) in [5, 5.41) is 5.99. The zero-order valence-electron chi connectivity index (χ0n) is 18.2. The molecule has 0 bridgehead atoms. The molecule has 0 spiro atoms. The Balaban J connectivity index is 1.63. The number of carbonyl (C=O) groups excluding carboxylic acids is 1. The van der Waals surface area contributed by atoms with Crippen LogP contribution < -0.4 is 0 Å². The first kappa shape index (κ1) is 20.0. The standard InChI is InChI=1S/C23H32N4O2/c1-16-6-9-21(26(13-16)22(28)29-23(2,3)4)17-7-8-18-14-27(24-20(18)12-17)19-10-11-25(5)15-19/h7-9,12,14,16,19H,6,10-11,13,15H2,1-5H3/t16?,19-/m1/s1. The van der Waals surface area contributed by atoms with Crippen LogP contribution in [0.2, 0.25) is 0 Å². The highest BCUT2D eigenvalue weighted by Crippen LogP contribution is 2.31. The van der Waals surface area contributed by atoms with E-state index in [4.69, 9.17) is 9.84 Å². The fraction of sp³-hybridized carbons (Fsp3) is 0.565. The highest BCUT2D eigenvalue weighted by molar-refractivity contribution is 5.87. The van der Waals surface area contributed by atoms with Gasteiger partial charge in [-0.25, -0.2) is 4.79 Å². The van der Waals surface area contributed by atoms with E-state index >= 15 is 0 Å². The van der Waals surface area contributed by atoms with Crippen LogP contribution in [-0.2, 0) is 4.74 Å². The van der Waals surface area contributed by atoms with E-state index < -0.39 is 5.60 Å². The van der Waals surface area contributed by atoms with Gasteiger partial charge in [0.1, 0.15) is 5.60 Å². The van der Waals surface area contributed by atoms with E-state index in [2.05, 4.69) is 54.0 Å². The van der Waals surface area contributed by atoms with Crippen molar-refractivity contribution in [3.63, 3.8) is 0 Å². The van der Waals surface area contributed by atoms with Crippen molar-refractivity contribution >= 4 is 22.7 Å². The summed E-state index contributed by atoms with van der Waals surface area (Å²) in [4.78, 5) is 17.0. The first-order chi connectivity index (χ1) is 13.7. The van der Waals surface area contributed by atoms with Gasteiger partial charge in [0.05, 0.1) is 17.3 Å². The monoisotopic (exact) mass is 396 g/mol. The molecule has 1 aromatic heterocycles. The molecular formula is C23H32N4O2. The summed E-state index contributed by atoms with van der Waals surface area (Å²) in [6.07, 6.45) is 6.10. The van der Waals surface area contributed by atoms with Crippen LogP contribution in [-0.4, -0.2) is 58.0 Å². The van der Waals surface area contributed by atoms with E-state index in [1.165, 1.54) is 0 Å². The Bertz CT molecular complexity index is 940. The molecular weight excluding hydrogens is 364 g/mol. The summed E-state index contributed by atoms with van der Waals surface area (Å²) >= 11 is 0. The molecule has 0 radical (unpaired) electrons. The quantitative estimate of drug-likeness (QED) is 0.748. The van der Waals surface area contributed by atoms with Crippen LogP contribution in [0.4, 0.5) is 4.79 Å². The number of likely N-dealkylation sites (N-methyl/N-ethyl adjacent to an activating group) is 1. The van der Waals surface area contributed by atoms with Crippen molar-refractivity contribution in [3.8, 4) is 0 Å². The van der Waals surface area contributed by atoms with Crippen molar-refractivity contribution in [2.75, 3.05) is 26.7 Å². The maximum absolute atomic E-state index is 12.9. The van der Waals surface area contributed by atoms with Crippen molar-refractivity contribution < 1.29 is 9.53 Å². The van der Waals surface area contributed by atoms with E-state index in [0.717, 1.165) is 48.1 Å². The van der Waals surface area contributed by atoms with Crippen LogP contribution in [0.15, 0.2) is 30.5 Å². The normalized spacial score (nSPS) is 23.5. The van der Waals surface area contributed by atoms with E-state index in [-0.39, 0.29) is 6.09 Å². The maximum Gasteiger partial charge on any atom is 0.414 e. The predicted octanol–water partition coefficient (Wildman–Crippen LogP) is 4.53. The lowest BCUT2D eigenvalue weighted by Crippen LogP contribution is -2.39. The van der Waals surface area contributed by atoms with Gasteiger partial charge in [-0.05, 0) is 59.2 Å². The fourth-order valence-corrected chi connectivity index (χ4v) is 4.18. The maximum atomic E-state index is 12.9. The second-order valence-electron chi connectivity index (χ2n) is 9.61. The number of benzene rings is 1. The number of amides is 1. The largest absolute Gasteiger partial charge is 0.443 e. The fourth-order valence-electron chi connectivity index (χ4n) is 4.18. The van der Waals surface area contributed by atoms with Crippen molar-refractivity contribution in [1.82, 2.24) is 19.6 Å². The molecule has 3 heterocycles. The van der Waals surface area contributed by atoms with Crippen LogP contribution in [0.25, 0.3) is 16.6 Å². The van der Waals surface area contributed by atoms with Crippen molar-refractivity contribution in [2.24, 2.45) is 5.92 Å². The number of hydrogen-bond donors (Lipinski definition) is 0. The Morgan fingerprint density at radius 1 is 1.24 bits per heavy atom. The minimum atomic E-state index is -0.514. The second-order valence-corrected chi connectivity index (χ2v) is 9.61. The van der Waals surface area contributed by atoms with Crippen LogP contribution in [0.1, 0.15) is 52.1 Å². The molecule has 2 aliphatic heterocycles. The highest BCUT2D eigenvalue weighted by atomic mass is 16.6. The van der Waals surface area contributed by atoms with Gasteiger partial charge < -0.3 is 9.64 Å². The Morgan fingerprint density at radius 3 is 2.72 bits per heavy atom. The third kappa shape index (κ3) is 4.32. The van der Waals surface area contributed by atoms with E-state index in [0.29, 0.717) is 18.5 Å². The minimum Gasteiger partial charge on any atom is -0.443 e. The number of aromatic nitrogens is 2. The average molecular weight is 397 g/mol. The average Bonchev–Trinajstić information content (AvgIpc) is 3.25. The molecule has 1 saturated heterocycles. The van der Waals surface area contributed by atoms with Crippen LogP contribution in [0.5, 0.6) is 0 Å². The highest BCUT2D eigenvalue weighted by Gasteiger charge is 2.29. The Labute approximate surface area is 173 Å². The molecule has 6 nitrogen and oxygen atoms in total. The lowest BCUT2D eigenvalue weighted by molar-refractivity contribution is 0.0327. The van der Waals surface area contributed by atoms with Gasteiger partial charge in [-0.3, -0.25) is 9.58 Å². The third-order valence-corrected chi connectivity index (χ3v) is 5.67. The van der Waals surface area contributed by atoms with Crippen LogP contribution in [0.3, 0.4) is 0 Å². The molecule has 4 rings (SSSR count). The Kier molecular flexibility index (Phi) is 5.15. The zero-order chi connectivity index (χ0) is 20.8. The number of ether oxygens (including phenoxy) is 1. The number of nitrogens with zero attached hydrogens (tertiary/aromatic N) is 4. The minimum absolute atomic E-state index is 0.282. The predicted molar refractivity (Wildman–Crippen MR) is 116 cm³/mol. The molecule has 1 unspecified atom stereocenters. The molecule has 156 valence electrons. The summed E-state index contributed by atoms with van der Waals surface area (Å²) in [5.41, 5.74) is 2.40. The number of likely N-dealkylation sites (tertiary alicyclic amines) is 1. The molecule has 2 aliphatic rings. The Hall–Kier alpha value is -2.34. The number of allylic oxidation sites excluding steroid dienone is 1. The molecule has 2 atom stereocenters. The SMILES string of the molecule is CC1CC=C(c2ccc3cn([C@@H]4CCN(C)C4)nc3c2)N(C(=O)OC(C)(C)C)C1. The van der Waals surface area contributed by atoms with Gasteiger partial charge >= 0.3 is 6.09 Å². The lowest BCUT2D eigenvalue weighted by atomic mass is 9.98. The summed E-state index contributed by atoms with van der Waals surface area (Å²) in [5.74, 6) is 0.411. The molecule has 29 heavy (non-hydrogen) atoms. The zero-order valence-corrected chi connectivity index (χ0v) is 18.2. The number of hydrogen-bond acceptors (Lipinski definition) is 4. The van der Waals surface area contributed by atoms with Crippen molar-refractivity contribution in [3.05, 3.63) is 36.0 Å². The Morgan fingerprint density at radius 2 is 2.03 bits per heavy atom. The first-order valence-electron chi connectivity index (χ1n) is 10.6. The summed E-state index contributed by atoms with van der Waals surface area (Å²) in [6, 6.07) is 6.74. The van der Waals surface area contributed by atoms with Gasteiger partial charge in [0.15, 0.2) is 0 Å². The first-order valence-corrected chi connectivity index (χ1v) is 10.6. The molecule has 0 N–H and O–H groups in total. The summed E-state index contributed by atoms with van der Waals surface area (Å²) in [7, 11) is 2.16. The third-order valence-electron chi connectivity index (χ3n) is 5.67. The molecule has 1 fully saturated rings. The van der Waals surface area contributed by atoms with Gasteiger partial charge in [0.25, 0.3) is 0 Å². The second kappa shape index (κ2) is 7.48. The van der Waals surface area contributed by atoms with E-state index in [9.17, 15) is 4.79 Å². The van der Waals surface area contributed by atoms with Crippen molar-refractivity contribution in [1.29, 1.82) is 0 Å². The lowest BCUT2D eigenvalue weighted by Gasteiger charge is -2.33. The van der Waals surface area contributed by atoms with Crippen LogP contribution >= 0.6 is 0 Å². The molecule has 6 heteroatoms. The molecule has 0 saturated carbocycles. The van der Waals surface area contributed by atoms with Gasteiger partial charge in [-0.1, -0.05) is 25.1 Å². The van der Waals surface area contributed by atoms with Crippen molar-refractivity contribution in [2.45, 2.75) is 52.2 Å². The number of rotatable bonds is 2. The molecule has 1 amide bonds. The van der Waals surface area contributed by atoms with Gasteiger partial charge in [-0.15, -0.1) is 0 Å². The smallest absolute Gasteiger partial charge is 0.414 e. The van der Waals surface area contributed by atoms with Gasteiger partial charge in [-0.2, -0.15) is 5.10 Å². The number of fused-ring (bicyclic) bond motifs is 1.